The summed E-state index contributed by atoms with van der Waals surface area (Å²) in [5, 5.41) is 20.4. The molecule has 0 fully saturated rings. The molecule has 4 nitrogen and oxygen atoms in total. The lowest BCUT2D eigenvalue weighted by Crippen LogP contribution is -2.21. The van der Waals surface area contributed by atoms with Gasteiger partial charge in [-0.05, 0) is 54.2 Å². The topological polar surface area (TPSA) is 74.6 Å². The monoisotopic (exact) mass is 488 g/mol. The third kappa shape index (κ3) is 12.1. The van der Waals surface area contributed by atoms with Gasteiger partial charge >= 0.3 is 11.9 Å². The Hall–Kier alpha value is -1.84. The quantitative estimate of drug-likeness (QED) is 0.180. The van der Waals surface area contributed by atoms with E-state index in [0.29, 0.717) is 24.7 Å². The van der Waals surface area contributed by atoms with Gasteiger partial charge in [-0.15, -0.1) is 0 Å². The van der Waals surface area contributed by atoms with Gasteiger partial charge in [-0.1, -0.05) is 117 Å². The minimum Gasteiger partial charge on any atom is -0.481 e. The SMILES string of the molecule is CCCCCCCCCc1cccc(C(CCCC(C)C)C(=O)O)c1C(CCCC(C)C)C(=O)O. The minimum atomic E-state index is -0.839. The Morgan fingerprint density at radius 1 is 0.686 bits per heavy atom. The Kier molecular flexibility index (Phi) is 15.7. The maximum absolute atomic E-state index is 12.5. The van der Waals surface area contributed by atoms with Crippen LogP contribution in [0.3, 0.4) is 0 Å². The highest BCUT2D eigenvalue weighted by Gasteiger charge is 2.30. The molecule has 35 heavy (non-hydrogen) atoms. The number of benzene rings is 1. The van der Waals surface area contributed by atoms with Crippen molar-refractivity contribution in [1.82, 2.24) is 0 Å². The van der Waals surface area contributed by atoms with Crippen molar-refractivity contribution in [2.45, 2.75) is 136 Å². The van der Waals surface area contributed by atoms with Gasteiger partial charge in [-0.2, -0.15) is 0 Å². The van der Waals surface area contributed by atoms with Gasteiger partial charge in [0.1, 0.15) is 0 Å². The van der Waals surface area contributed by atoms with Crippen LogP contribution in [0.15, 0.2) is 18.2 Å². The largest absolute Gasteiger partial charge is 0.481 e. The third-order valence-corrected chi connectivity index (χ3v) is 7.15. The second-order valence-corrected chi connectivity index (χ2v) is 11.2. The summed E-state index contributed by atoms with van der Waals surface area (Å²) in [7, 11) is 0. The van der Waals surface area contributed by atoms with Crippen molar-refractivity contribution in [3.8, 4) is 0 Å². The Labute approximate surface area is 214 Å². The molecule has 0 aliphatic heterocycles. The van der Waals surface area contributed by atoms with E-state index >= 15 is 0 Å². The van der Waals surface area contributed by atoms with Gasteiger partial charge in [0.05, 0.1) is 11.8 Å². The van der Waals surface area contributed by atoms with Gasteiger partial charge in [-0.25, -0.2) is 0 Å². The van der Waals surface area contributed by atoms with Crippen LogP contribution >= 0.6 is 0 Å². The standard InChI is InChI=1S/C31H52O4/c1-6-7-8-9-10-11-12-18-25-19-15-20-26(27(30(32)33)21-13-16-23(2)3)29(25)28(31(34)35)22-14-17-24(4)5/h15,19-20,23-24,27-28H,6-14,16-18,21-22H2,1-5H3,(H,32,33)(H,34,35). The molecular weight excluding hydrogens is 436 g/mol. The van der Waals surface area contributed by atoms with Crippen molar-refractivity contribution in [2.24, 2.45) is 11.8 Å². The first-order valence-electron chi connectivity index (χ1n) is 14.3. The summed E-state index contributed by atoms with van der Waals surface area (Å²) in [6.45, 7) is 10.8. The molecule has 1 aromatic carbocycles. The minimum absolute atomic E-state index is 0.523. The average Bonchev–Trinajstić information content (AvgIpc) is 2.78. The molecule has 0 aromatic heterocycles. The lowest BCUT2D eigenvalue weighted by atomic mass is 9.79. The highest BCUT2D eigenvalue weighted by atomic mass is 16.4. The summed E-state index contributed by atoms with van der Waals surface area (Å²) in [6.07, 6.45) is 14.0. The van der Waals surface area contributed by atoms with Crippen molar-refractivity contribution >= 4 is 11.9 Å². The number of carboxylic acids is 2. The van der Waals surface area contributed by atoms with Crippen LogP contribution in [0.2, 0.25) is 0 Å². The molecule has 0 radical (unpaired) electrons. The number of carbonyl (C=O) groups is 2. The zero-order valence-electron chi connectivity index (χ0n) is 23.2. The zero-order chi connectivity index (χ0) is 26.2. The van der Waals surface area contributed by atoms with E-state index < -0.39 is 23.8 Å². The van der Waals surface area contributed by atoms with Gasteiger partial charge in [0.15, 0.2) is 0 Å². The number of hydrogen-bond donors (Lipinski definition) is 2. The predicted octanol–water partition coefficient (Wildman–Crippen LogP) is 8.97. The Balaban J connectivity index is 3.22. The number of hydrogen-bond acceptors (Lipinski definition) is 2. The van der Waals surface area contributed by atoms with Crippen LogP contribution < -0.4 is 0 Å². The number of carboxylic acid groups (broad SMARTS) is 2. The fourth-order valence-corrected chi connectivity index (χ4v) is 5.12. The maximum atomic E-state index is 12.5. The molecule has 1 rings (SSSR count). The van der Waals surface area contributed by atoms with E-state index in [9.17, 15) is 19.8 Å². The van der Waals surface area contributed by atoms with Crippen LogP contribution in [0.4, 0.5) is 0 Å². The van der Waals surface area contributed by atoms with E-state index in [1.807, 2.05) is 18.2 Å². The zero-order valence-corrected chi connectivity index (χ0v) is 23.2. The molecule has 2 N–H and O–H groups in total. The van der Waals surface area contributed by atoms with E-state index in [-0.39, 0.29) is 0 Å². The summed E-state index contributed by atoms with van der Waals surface area (Å²) in [6, 6.07) is 5.87. The van der Waals surface area contributed by atoms with Crippen LogP contribution in [0.5, 0.6) is 0 Å². The number of aryl methyl sites for hydroxylation is 1. The average molecular weight is 489 g/mol. The van der Waals surface area contributed by atoms with E-state index in [2.05, 4.69) is 34.6 Å². The lowest BCUT2D eigenvalue weighted by molar-refractivity contribution is -0.140. The Morgan fingerprint density at radius 2 is 1.20 bits per heavy atom. The first-order chi connectivity index (χ1) is 16.7. The molecule has 200 valence electrons. The molecular formula is C31H52O4. The molecule has 2 unspecified atom stereocenters. The fraction of sp³-hybridized carbons (Fsp3) is 0.742. The van der Waals surface area contributed by atoms with Gasteiger partial charge in [0.25, 0.3) is 0 Å². The van der Waals surface area contributed by atoms with Crippen molar-refractivity contribution in [3.63, 3.8) is 0 Å². The van der Waals surface area contributed by atoms with Crippen LogP contribution in [0, 0.1) is 11.8 Å². The van der Waals surface area contributed by atoms with Gasteiger partial charge in [0, 0.05) is 0 Å². The molecule has 0 bridgehead atoms. The smallest absolute Gasteiger partial charge is 0.310 e. The van der Waals surface area contributed by atoms with Gasteiger partial charge in [0.2, 0.25) is 0 Å². The predicted molar refractivity (Wildman–Crippen MR) is 146 cm³/mol. The summed E-state index contributed by atoms with van der Waals surface area (Å²) in [5.41, 5.74) is 2.58. The molecule has 0 heterocycles. The Bertz CT molecular complexity index is 737. The number of unbranched alkanes of at least 4 members (excludes halogenated alkanes) is 6. The molecule has 0 aliphatic rings. The van der Waals surface area contributed by atoms with E-state index in [1.165, 1.54) is 32.1 Å². The summed E-state index contributed by atoms with van der Waals surface area (Å²) < 4.78 is 0. The molecule has 0 saturated carbocycles. The van der Waals surface area contributed by atoms with Crippen LogP contribution in [0.1, 0.15) is 147 Å². The maximum Gasteiger partial charge on any atom is 0.310 e. The molecule has 0 aliphatic carbocycles. The van der Waals surface area contributed by atoms with Crippen molar-refractivity contribution in [2.75, 3.05) is 0 Å². The molecule has 4 heteroatoms. The lowest BCUT2D eigenvalue weighted by Gasteiger charge is -2.25. The second-order valence-electron chi connectivity index (χ2n) is 11.2. The molecule has 0 amide bonds. The molecule has 0 saturated heterocycles. The summed E-state index contributed by atoms with van der Waals surface area (Å²) in [4.78, 5) is 24.9. The van der Waals surface area contributed by atoms with E-state index in [1.54, 1.807) is 0 Å². The van der Waals surface area contributed by atoms with Crippen molar-refractivity contribution in [1.29, 1.82) is 0 Å². The van der Waals surface area contributed by atoms with Crippen LogP contribution in [-0.4, -0.2) is 22.2 Å². The van der Waals surface area contributed by atoms with Crippen molar-refractivity contribution in [3.05, 3.63) is 34.9 Å². The van der Waals surface area contributed by atoms with Crippen LogP contribution in [0.25, 0.3) is 0 Å². The van der Waals surface area contributed by atoms with Crippen molar-refractivity contribution < 1.29 is 19.8 Å². The number of rotatable bonds is 20. The van der Waals surface area contributed by atoms with Gasteiger partial charge in [-0.3, -0.25) is 9.59 Å². The van der Waals surface area contributed by atoms with Crippen LogP contribution in [-0.2, 0) is 16.0 Å². The second kappa shape index (κ2) is 17.6. The third-order valence-electron chi connectivity index (χ3n) is 7.15. The summed E-state index contributed by atoms with van der Waals surface area (Å²) in [5.74, 6) is -1.91. The first kappa shape index (κ1) is 31.2. The fourth-order valence-electron chi connectivity index (χ4n) is 5.12. The highest BCUT2D eigenvalue weighted by molar-refractivity contribution is 5.81. The van der Waals surface area contributed by atoms with E-state index in [0.717, 1.165) is 61.6 Å². The molecule has 2 atom stereocenters. The first-order valence-corrected chi connectivity index (χ1v) is 14.3. The van der Waals surface area contributed by atoms with Gasteiger partial charge < -0.3 is 10.2 Å². The summed E-state index contributed by atoms with van der Waals surface area (Å²) >= 11 is 0. The highest BCUT2D eigenvalue weighted by Crippen LogP contribution is 2.36. The number of aliphatic carboxylic acids is 2. The molecule has 1 aromatic rings. The van der Waals surface area contributed by atoms with E-state index in [4.69, 9.17) is 0 Å². The molecule has 0 spiro atoms. The Morgan fingerprint density at radius 3 is 1.71 bits per heavy atom. The normalized spacial score (nSPS) is 13.3.